The van der Waals surface area contributed by atoms with Crippen LogP contribution in [0.3, 0.4) is 0 Å². The molecular weight excluding hydrogens is 614 g/mol. The topological polar surface area (TPSA) is 133 Å². The fraction of sp³-hybridized carbons (Fsp3) is 0.278. The minimum absolute atomic E-state index is 0. The number of carboxylic acid groups (broad SMARTS) is 1. The maximum Gasteiger partial charge on any atom is 1.00 e. The van der Waals surface area contributed by atoms with Gasteiger partial charge in [0.15, 0.2) is 11.5 Å². The summed E-state index contributed by atoms with van der Waals surface area (Å²) in [5.74, 6) is -1.12. The van der Waals surface area contributed by atoms with Crippen molar-refractivity contribution in [2.45, 2.75) is 51.5 Å². The number of halogens is 1. The summed E-state index contributed by atoms with van der Waals surface area (Å²) >= 11 is 0. The van der Waals surface area contributed by atoms with Gasteiger partial charge in [-0.15, -0.1) is 0 Å². The monoisotopic (exact) mass is 652 g/mol. The molecule has 1 aromatic heterocycles. The maximum atomic E-state index is 14.2. The second kappa shape index (κ2) is 17.3. The van der Waals surface area contributed by atoms with Crippen molar-refractivity contribution in [2.24, 2.45) is 0 Å². The van der Waals surface area contributed by atoms with Crippen LogP contribution in [0.5, 0.6) is 11.5 Å². The van der Waals surface area contributed by atoms with Gasteiger partial charge in [0.25, 0.3) is 5.91 Å². The molecule has 242 valence electrons. The normalized spacial score (nSPS) is 12.4. The number of nitrogens with zero attached hydrogens (tertiary/aromatic N) is 1. The molecule has 0 saturated carbocycles. The summed E-state index contributed by atoms with van der Waals surface area (Å²) in [6.45, 7) is 4.03. The van der Waals surface area contributed by atoms with Gasteiger partial charge >= 0.3 is 29.6 Å². The Labute approximate surface area is 296 Å². The first-order chi connectivity index (χ1) is 22.0. The van der Waals surface area contributed by atoms with Crippen molar-refractivity contribution in [3.05, 3.63) is 102 Å². The molecule has 0 bridgehead atoms. The Morgan fingerprint density at radius 3 is 2.17 bits per heavy atom. The number of ether oxygens (including phenoxy) is 2. The summed E-state index contributed by atoms with van der Waals surface area (Å²) in [5, 5.41) is 34.7. The zero-order chi connectivity index (χ0) is 33.4. The molecule has 0 saturated heterocycles. The molecular formula is C36H38FN2NaO7. The number of nitrogens with one attached hydrogen (secondary N) is 1. The predicted octanol–water partition coefficient (Wildman–Crippen LogP) is 1.76. The van der Waals surface area contributed by atoms with Crippen LogP contribution in [0.4, 0.5) is 4.39 Å². The molecule has 3 N–H and O–H groups in total. The molecule has 11 heteroatoms. The summed E-state index contributed by atoms with van der Waals surface area (Å²) in [6, 6.07) is 20.4. The first kappa shape index (κ1) is 37.5. The van der Waals surface area contributed by atoms with E-state index in [1.54, 1.807) is 37.5 Å². The van der Waals surface area contributed by atoms with Gasteiger partial charge in [0, 0.05) is 48.2 Å². The van der Waals surface area contributed by atoms with Crippen LogP contribution in [0.2, 0.25) is 0 Å². The van der Waals surface area contributed by atoms with Gasteiger partial charge < -0.3 is 39.5 Å². The number of aromatic nitrogens is 1. The van der Waals surface area contributed by atoms with Gasteiger partial charge in [-0.25, -0.2) is 4.39 Å². The number of aliphatic carboxylic acids is 1. The first-order valence-corrected chi connectivity index (χ1v) is 14.9. The Balaban J connectivity index is 0.00000600. The minimum Gasteiger partial charge on any atom is -0.550 e. The van der Waals surface area contributed by atoms with Crippen molar-refractivity contribution in [3.8, 4) is 33.8 Å². The molecule has 47 heavy (non-hydrogen) atoms. The third kappa shape index (κ3) is 9.33. The largest absolute Gasteiger partial charge is 1.00 e. The minimum atomic E-state index is -1.42. The van der Waals surface area contributed by atoms with E-state index in [1.165, 1.54) is 25.3 Å². The van der Waals surface area contributed by atoms with Crippen LogP contribution >= 0.6 is 0 Å². The number of hydrogen-bond acceptors (Lipinski definition) is 7. The molecule has 1 heterocycles. The molecule has 0 fully saturated rings. The van der Waals surface area contributed by atoms with Crippen LogP contribution in [-0.2, 0) is 11.3 Å². The molecule has 4 rings (SSSR count). The average molecular weight is 653 g/mol. The second-order valence-corrected chi connectivity index (χ2v) is 11.1. The molecule has 0 aliphatic carbocycles. The van der Waals surface area contributed by atoms with E-state index in [-0.39, 0.29) is 54.5 Å². The number of benzene rings is 3. The first-order valence-electron chi connectivity index (χ1n) is 14.9. The van der Waals surface area contributed by atoms with Gasteiger partial charge in [0.05, 0.1) is 26.4 Å². The molecule has 0 spiro atoms. The van der Waals surface area contributed by atoms with Crippen molar-refractivity contribution in [2.75, 3.05) is 14.2 Å². The Bertz CT molecular complexity index is 1690. The Hall–Kier alpha value is -3.93. The van der Waals surface area contributed by atoms with E-state index in [0.717, 1.165) is 11.1 Å². The number of rotatable bonds is 14. The molecule has 4 aromatic rings. The van der Waals surface area contributed by atoms with Crippen LogP contribution < -0.4 is 49.5 Å². The van der Waals surface area contributed by atoms with Crippen molar-refractivity contribution >= 4 is 18.0 Å². The van der Waals surface area contributed by atoms with E-state index in [4.69, 9.17) is 9.47 Å². The summed E-state index contributed by atoms with van der Waals surface area (Å²) in [4.78, 5) is 25.1. The number of amides is 1. The Kier molecular flexibility index (Phi) is 13.8. The molecule has 1 amide bonds. The van der Waals surface area contributed by atoms with E-state index >= 15 is 0 Å². The van der Waals surface area contributed by atoms with E-state index in [2.05, 4.69) is 5.32 Å². The Morgan fingerprint density at radius 2 is 1.57 bits per heavy atom. The van der Waals surface area contributed by atoms with Crippen LogP contribution in [0, 0.1) is 5.82 Å². The quantitative estimate of drug-likeness (QED) is 0.177. The number of hydrogen-bond donors (Lipinski definition) is 3. The molecule has 0 unspecified atom stereocenters. The number of carbonyl (C=O) groups is 2. The third-order valence-corrected chi connectivity index (χ3v) is 7.46. The van der Waals surface area contributed by atoms with Crippen LogP contribution in [0.1, 0.15) is 54.5 Å². The van der Waals surface area contributed by atoms with Crippen LogP contribution in [0.25, 0.3) is 28.3 Å². The zero-order valence-electron chi connectivity index (χ0n) is 27.2. The fourth-order valence-corrected chi connectivity index (χ4v) is 5.42. The fourth-order valence-electron chi connectivity index (χ4n) is 5.42. The summed E-state index contributed by atoms with van der Waals surface area (Å²) in [6.07, 6.45) is -0.268. The number of aliphatic hydroxyl groups excluding tert-OH is 2. The van der Waals surface area contributed by atoms with E-state index in [1.807, 2.05) is 54.8 Å². The average Bonchev–Trinajstić information content (AvgIpc) is 3.38. The van der Waals surface area contributed by atoms with Gasteiger partial charge in [0.1, 0.15) is 11.5 Å². The molecule has 2 atom stereocenters. The van der Waals surface area contributed by atoms with Crippen molar-refractivity contribution in [3.63, 3.8) is 0 Å². The van der Waals surface area contributed by atoms with Crippen molar-refractivity contribution in [1.82, 2.24) is 9.88 Å². The molecule has 0 aliphatic rings. The standard InChI is InChI=1S/C36H39FN2O7.Na/c1-22(2)39-29(16-15-27(40)19-28(41)20-32(42)43)33(25-11-13-26(37)14-12-25)34(24-8-6-5-7-9-24)35(39)36(44)38-21-23-10-17-30(45-3)31(18-23)46-4;/h5-18,22,27-28,40-41H,19-21H2,1-4H3,(H,38,44)(H,42,43);/q;+1/p-1/b16-15+;/t27-,28-;/m1./s1. The SMILES string of the molecule is COc1ccc(CNC(=O)c2c(-c3ccccc3)c(-c3ccc(F)cc3)c(/C=C/[C@@H](O)C[C@@H](O)CC(=O)[O-])n2C(C)C)cc1OC.[Na+]. The third-order valence-electron chi connectivity index (χ3n) is 7.46. The number of carboxylic acids is 1. The van der Waals surface area contributed by atoms with Crippen LogP contribution in [0.15, 0.2) is 78.9 Å². The summed E-state index contributed by atoms with van der Waals surface area (Å²) < 4.78 is 26.7. The summed E-state index contributed by atoms with van der Waals surface area (Å²) in [5.41, 5.74) is 4.33. The number of carbonyl (C=O) groups excluding carboxylic acids is 2. The van der Waals surface area contributed by atoms with Gasteiger partial charge in [-0.2, -0.15) is 0 Å². The summed E-state index contributed by atoms with van der Waals surface area (Å²) in [7, 11) is 3.08. The van der Waals surface area contributed by atoms with Gasteiger partial charge in [-0.3, -0.25) is 4.79 Å². The predicted molar refractivity (Wildman–Crippen MR) is 172 cm³/mol. The van der Waals surface area contributed by atoms with Gasteiger partial charge in [0.2, 0.25) is 0 Å². The van der Waals surface area contributed by atoms with Gasteiger partial charge in [-0.1, -0.05) is 54.6 Å². The molecule has 3 aromatic carbocycles. The smallest absolute Gasteiger partial charge is 0.550 e. The van der Waals surface area contributed by atoms with Crippen molar-refractivity contribution in [1.29, 1.82) is 0 Å². The number of methoxy groups -OCH3 is 2. The van der Waals surface area contributed by atoms with Crippen LogP contribution in [-0.4, -0.2) is 53.1 Å². The Morgan fingerprint density at radius 1 is 0.936 bits per heavy atom. The second-order valence-electron chi connectivity index (χ2n) is 11.1. The van der Waals surface area contributed by atoms with Crippen molar-refractivity contribution < 1.29 is 68.3 Å². The zero-order valence-corrected chi connectivity index (χ0v) is 29.2. The molecule has 0 aliphatic heterocycles. The van der Waals surface area contributed by atoms with E-state index in [0.29, 0.717) is 39.6 Å². The van der Waals surface area contributed by atoms with Gasteiger partial charge in [-0.05, 0) is 60.9 Å². The van der Waals surface area contributed by atoms with E-state index in [9.17, 15) is 29.3 Å². The maximum absolute atomic E-state index is 14.2. The van der Waals surface area contributed by atoms with E-state index < -0.39 is 30.4 Å². The number of aliphatic hydroxyl groups is 2. The molecule has 9 nitrogen and oxygen atoms in total. The molecule has 0 radical (unpaired) electrons.